The van der Waals surface area contributed by atoms with Gasteiger partial charge in [0.05, 0.1) is 47.3 Å². The van der Waals surface area contributed by atoms with Gasteiger partial charge in [0.15, 0.2) is 12.1 Å². The number of methoxy groups -OCH3 is 1. The Morgan fingerprint density at radius 2 is 1.69 bits per heavy atom. The van der Waals surface area contributed by atoms with Gasteiger partial charge in [-0.1, -0.05) is 59.8 Å². The van der Waals surface area contributed by atoms with E-state index in [0.29, 0.717) is 44.8 Å². The molecule has 2 saturated heterocycles. The van der Waals surface area contributed by atoms with Crippen LogP contribution in [0.2, 0.25) is 0 Å². The number of hydrogen-bond acceptors (Lipinski definition) is 11. The molecule has 0 bridgehead atoms. The average molecular weight is 831 g/mol. The Morgan fingerprint density at radius 1 is 1.00 bits per heavy atom. The third-order valence-corrected chi connectivity index (χ3v) is 13.9. The second kappa shape index (κ2) is 19.9. The standard InChI is InChI=1S/C48H82N2O9/c1-16-44(6,7)43(53)59-39-26-31(4)25-33-18-17-32(5)36(48(33,39)14)20-19-34-27-35(28-40(51)56-34)57-42-38(58-42)29-37(50-30(2)3)41(52)47(12,13)49-23-21-46(10,11)55-24-22-45(8,9)54-15/h17-18,25,30-32,34-39,42,49-50H,16,19-24,26-29H2,1-15H3/t31-,32-,34+,35+,36-,37?,38?,39-,42?,48-/m0/s1. The Labute approximate surface area is 357 Å². The number of hydrogen-bond donors (Lipinski definition) is 2. The molecule has 2 aliphatic heterocycles. The van der Waals surface area contributed by atoms with Crippen LogP contribution in [-0.2, 0) is 42.8 Å². The Bertz CT molecular complexity index is 1500. The average Bonchev–Trinajstić information content (AvgIpc) is 3.86. The summed E-state index contributed by atoms with van der Waals surface area (Å²) in [6, 6.07) is -0.347. The Balaban J connectivity index is 1.32. The predicted octanol–water partition coefficient (Wildman–Crippen LogP) is 8.42. The van der Waals surface area contributed by atoms with E-state index < -0.39 is 23.3 Å². The SMILES string of the molecule is CCC(C)(C)C(=O)O[C@H]1C[C@@H](C)C=C2C=C[C@H](C)[C@H](CC[C@@H]3C[C@@H](OC4OC4CC(NC(C)C)C(=O)C(C)(C)NCCC(C)(C)OCCC(C)(C)OC)CC(=O)O3)[C@]21C. The number of nitrogens with one attached hydrogen (secondary N) is 2. The molecule has 338 valence electrons. The first-order chi connectivity index (χ1) is 27.3. The number of Topliss-reactive ketones (excluding diaryl/α,β-unsaturated/α-hetero) is 1. The first-order valence-corrected chi connectivity index (χ1v) is 22.7. The van der Waals surface area contributed by atoms with Gasteiger partial charge in [-0.05, 0) is 124 Å². The maximum Gasteiger partial charge on any atom is 0.311 e. The van der Waals surface area contributed by atoms with E-state index in [1.54, 1.807) is 7.11 Å². The number of rotatable bonds is 23. The molecule has 2 heterocycles. The summed E-state index contributed by atoms with van der Waals surface area (Å²) in [5.74, 6) is 0.429. The van der Waals surface area contributed by atoms with Crippen LogP contribution < -0.4 is 10.6 Å². The molecular formula is C48H82N2O9. The van der Waals surface area contributed by atoms with Crippen LogP contribution in [-0.4, -0.2) is 97.5 Å². The van der Waals surface area contributed by atoms with Gasteiger partial charge in [-0.2, -0.15) is 0 Å². The van der Waals surface area contributed by atoms with Crippen molar-refractivity contribution < 1.29 is 42.8 Å². The van der Waals surface area contributed by atoms with Crippen molar-refractivity contribution in [3.63, 3.8) is 0 Å². The number of carbonyl (C=O) groups is 3. The van der Waals surface area contributed by atoms with Gasteiger partial charge >= 0.3 is 11.9 Å². The quantitative estimate of drug-likeness (QED) is 0.0760. The van der Waals surface area contributed by atoms with Gasteiger partial charge in [-0.3, -0.25) is 14.4 Å². The Kier molecular flexibility index (Phi) is 16.7. The summed E-state index contributed by atoms with van der Waals surface area (Å²) in [7, 11) is 1.72. The Hall–Kier alpha value is -2.15. The number of ketones is 1. The molecule has 2 aliphatic carbocycles. The van der Waals surface area contributed by atoms with Crippen molar-refractivity contribution in [3.05, 3.63) is 23.8 Å². The lowest BCUT2D eigenvalue weighted by molar-refractivity contribution is -0.172. The smallest absolute Gasteiger partial charge is 0.311 e. The fraction of sp³-hybridized carbons (Fsp3) is 0.854. The third-order valence-electron chi connectivity index (χ3n) is 13.9. The molecule has 0 radical (unpaired) electrons. The zero-order valence-electron chi connectivity index (χ0n) is 39.5. The minimum Gasteiger partial charge on any atom is -0.462 e. The van der Waals surface area contributed by atoms with E-state index in [0.717, 1.165) is 25.7 Å². The number of esters is 2. The lowest BCUT2D eigenvalue weighted by Gasteiger charge is -2.52. The normalized spacial score (nSPS) is 30.7. The zero-order valence-corrected chi connectivity index (χ0v) is 39.5. The van der Waals surface area contributed by atoms with Crippen LogP contribution in [0.25, 0.3) is 0 Å². The third kappa shape index (κ3) is 13.4. The highest BCUT2D eigenvalue weighted by atomic mass is 16.8. The fourth-order valence-electron chi connectivity index (χ4n) is 9.04. The zero-order chi connectivity index (χ0) is 44.1. The summed E-state index contributed by atoms with van der Waals surface area (Å²) in [5, 5.41) is 6.97. The van der Waals surface area contributed by atoms with E-state index in [9.17, 15) is 14.4 Å². The highest BCUT2D eigenvalue weighted by Gasteiger charge is 2.52. The molecular weight excluding hydrogens is 749 g/mol. The number of fused-ring (bicyclic) bond motifs is 1. The van der Waals surface area contributed by atoms with Crippen molar-refractivity contribution in [1.29, 1.82) is 0 Å². The summed E-state index contributed by atoms with van der Waals surface area (Å²) in [6.45, 7) is 30.1. The van der Waals surface area contributed by atoms with Gasteiger partial charge in [0, 0.05) is 31.4 Å². The van der Waals surface area contributed by atoms with Crippen LogP contribution in [0.3, 0.4) is 0 Å². The minimum atomic E-state index is -0.783. The van der Waals surface area contributed by atoms with Crippen molar-refractivity contribution >= 4 is 17.7 Å². The molecule has 0 spiro atoms. The second-order valence-corrected chi connectivity index (χ2v) is 21.1. The molecule has 0 aromatic carbocycles. The van der Waals surface area contributed by atoms with Crippen LogP contribution in [0, 0.1) is 28.6 Å². The Morgan fingerprint density at radius 3 is 2.34 bits per heavy atom. The topological polar surface area (TPSA) is 134 Å². The van der Waals surface area contributed by atoms with E-state index in [4.69, 9.17) is 28.4 Å². The van der Waals surface area contributed by atoms with Crippen molar-refractivity contribution in [3.8, 4) is 0 Å². The lowest BCUT2D eigenvalue weighted by Crippen LogP contribution is -2.57. The van der Waals surface area contributed by atoms with Gasteiger partial charge in [-0.15, -0.1) is 0 Å². The number of carbonyl (C=O) groups excluding carboxylic acids is 3. The summed E-state index contributed by atoms with van der Waals surface area (Å²) in [6.07, 6.45) is 11.0. The summed E-state index contributed by atoms with van der Waals surface area (Å²) < 4.78 is 36.5. The molecule has 0 aromatic rings. The van der Waals surface area contributed by atoms with E-state index in [2.05, 4.69) is 77.3 Å². The van der Waals surface area contributed by atoms with Gasteiger partial charge in [0.1, 0.15) is 18.3 Å². The van der Waals surface area contributed by atoms with Crippen molar-refractivity contribution in [2.45, 2.75) is 214 Å². The van der Waals surface area contributed by atoms with E-state index in [1.165, 1.54) is 5.57 Å². The molecule has 3 unspecified atom stereocenters. The first kappa shape index (κ1) is 49.5. The minimum absolute atomic E-state index is 0.0688. The van der Waals surface area contributed by atoms with Crippen LogP contribution in [0.1, 0.15) is 155 Å². The van der Waals surface area contributed by atoms with Crippen molar-refractivity contribution in [1.82, 2.24) is 10.6 Å². The molecule has 4 rings (SSSR count). The van der Waals surface area contributed by atoms with E-state index >= 15 is 0 Å². The molecule has 0 amide bonds. The largest absolute Gasteiger partial charge is 0.462 e. The van der Waals surface area contributed by atoms with Crippen LogP contribution in [0.5, 0.6) is 0 Å². The summed E-state index contributed by atoms with van der Waals surface area (Å²) in [4.78, 5) is 40.4. The number of ether oxygens (including phenoxy) is 6. The lowest BCUT2D eigenvalue weighted by atomic mass is 9.55. The highest BCUT2D eigenvalue weighted by Crippen LogP contribution is 2.54. The first-order valence-electron chi connectivity index (χ1n) is 22.7. The van der Waals surface area contributed by atoms with Crippen LogP contribution in [0.15, 0.2) is 23.8 Å². The number of cyclic esters (lactones) is 1. The molecule has 4 aliphatic rings. The monoisotopic (exact) mass is 831 g/mol. The molecule has 59 heavy (non-hydrogen) atoms. The van der Waals surface area contributed by atoms with Gasteiger partial charge < -0.3 is 39.1 Å². The molecule has 2 N–H and O–H groups in total. The van der Waals surface area contributed by atoms with Gasteiger partial charge in [0.25, 0.3) is 0 Å². The predicted molar refractivity (Wildman–Crippen MR) is 232 cm³/mol. The molecule has 0 aromatic heterocycles. The molecule has 11 heteroatoms. The summed E-state index contributed by atoms with van der Waals surface area (Å²) >= 11 is 0. The van der Waals surface area contributed by atoms with Gasteiger partial charge in [-0.25, -0.2) is 0 Å². The maximum atomic E-state index is 14.0. The van der Waals surface area contributed by atoms with E-state index in [1.807, 2.05) is 48.5 Å². The second-order valence-electron chi connectivity index (χ2n) is 21.1. The molecule has 10 atom stereocenters. The summed E-state index contributed by atoms with van der Waals surface area (Å²) in [5.41, 5.74) is -1.03. The van der Waals surface area contributed by atoms with Crippen LogP contribution >= 0.6 is 0 Å². The van der Waals surface area contributed by atoms with E-state index in [-0.39, 0.29) is 83.1 Å². The van der Waals surface area contributed by atoms with Crippen molar-refractivity contribution in [2.75, 3.05) is 20.3 Å². The fourth-order valence-corrected chi connectivity index (χ4v) is 9.04. The van der Waals surface area contributed by atoms with Gasteiger partial charge in [0.2, 0.25) is 0 Å². The highest BCUT2D eigenvalue weighted by molar-refractivity contribution is 5.92. The molecule has 2 fully saturated rings. The number of allylic oxidation sites excluding steroid dienone is 3. The maximum absolute atomic E-state index is 14.0. The molecule has 11 nitrogen and oxygen atoms in total. The van der Waals surface area contributed by atoms with Crippen LogP contribution in [0.4, 0.5) is 0 Å². The molecule has 0 saturated carbocycles. The number of epoxide rings is 1. The van der Waals surface area contributed by atoms with Crippen molar-refractivity contribution in [2.24, 2.45) is 28.6 Å².